The molecule has 0 amide bonds. The van der Waals surface area contributed by atoms with Gasteiger partial charge in [-0.1, -0.05) is 6.42 Å². The molecular weight excluding hydrogens is 274 g/mol. The summed E-state index contributed by atoms with van der Waals surface area (Å²) in [6, 6.07) is 2.59. The second kappa shape index (κ2) is 6.13. The largest absolute Gasteiger partial charge is 0.271 e. The fraction of sp³-hybridized carbons (Fsp3) is 0.500. The summed E-state index contributed by atoms with van der Waals surface area (Å²) < 4.78 is 0. The molecule has 0 bridgehead atoms. The van der Waals surface area contributed by atoms with Crippen LogP contribution in [-0.4, -0.2) is 4.98 Å². The first-order chi connectivity index (χ1) is 9.36. The minimum absolute atomic E-state index is 0.220. The van der Waals surface area contributed by atoms with Gasteiger partial charge in [0.1, 0.15) is 0 Å². The second-order valence-electron chi connectivity index (χ2n) is 5.05. The minimum atomic E-state index is 0.220. The van der Waals surface area contributed by atoms with Gasteiger partial charge in [0.05, 0.1) is 11.6 Å². The molecule has 0 saturated carbocycles. The van der Waals surface area contributed by atoms with Crippen LogP contribution in [0.25, 0.3) is 0 Å². The molecule has 0 saturated heterocycles. The van der Waals surface area contributed by atoms with Crippen LogP contribution < -0.4 is 11.3 Å². The number of aromatic nitrogens is 1. The van der Waals surface area contributed by atoms with Gasteiger partial charge in [0.2, 0.25) is 0 Å². The van der Waals surface area contributed by atoms with Crippen LogP contribution in [0.4, 0.5) is 0 Å². The third kappa shape index (κ3) is 3.05. The number of hydrazine groups is 1. The topological polar surface area (TPSA) is 50.9 Å². The molecule has 3 N–H and O–H groups in total. The third-order valence-corrected chi connectivity index (χ3v) is 5.85. The maximum Gasteiger partial charge on any atom is 0.0794 e. The molecule has 1 atom stereocenters. The Morgan fingerprint density at radius 2 is 2.21 bits per heavy atom. The average molecular weight is 293 g/mol. The summed E-state index contributed by atoms with van der Waals surface area (Å²) in [6.45, 7) is 0. The highest BCUT2D eigenvalue weighted by Crippen LogP contribution is 2.33. The zero-order valence-electron chi connectivity index (χ0n) is 10.9. The lowest BCUT2D eigenvalue weighted by atomic mass is 10.1. The number of nitrogens with two attached hydrogens (primary N) is 1. The predicted octanol–water partition coefficient (Wildman–Crippen LogP) is 3.22. The molecule has 3 nitrogen and oxygen atoms in total. The van der Waals surface area contributed by atoms with Crippen molar-refractivity contribution in [2.24, 2.45) is 5.84 Å². The number of fused-ring (bicyclic) bond motifs is 1. The van der Waals surface area contributed by atoms with Crippen LogP contribution in [-0.2, 0) is 19.3 Å². The van der Waals surface area contributed by atoms with Gasteiger partial charge in [0, 0.05) is 27.2 Å². The molecule has 5 heteroatoms. The van der Waals surface area contributed by atoms with E-state index in [2.05, 4.69) is 16.5 Å². The van der Waals surface area contributed by atoms with E-state index in [9.17, 15) is 0 Å². The minimum Gasteiger partial charge on any atom is -0.271 e. The van der Waals surface area contributed by atoms with E-state index in [0.717, 1.165) is 6.42 Å². The number of aryl methyl sites for hydroxylation is 2. The first-order valence-electron chi connectivity index (χ1n) is 6.82. The molecular formula is C14H19N3S2. The molecule has 102 valence electrons. The van der Waals surface area contributed by atoms with Gasteiger partial charge in [-0.2, -0.15) is 0 Å². The lowest BCUT2D eigenvalue weighted by Crippen LogP contribution is -2.28. The Labute approximate surface area is 121 Å². The SMILES string of the molecule is NNC(Cc1cncs1)c1cc2c(s1)CCCCC2. The smallest absolute Gasteiger partial charge is 0.0794 e. The Morgan fingerprint density at radius 3 is 3.00 bits per heavy atom. The van der Waals surface area contributed by atoms with Gasteiger partial charge < -0.3 is 0 Å². The first kappa shape index (κ1) is 13.2. The summed E-state index contributed by atoms with van der Waals surface area (Å²) in [5.74, 6) is 5.75. The molecule has 2 aromatic heterocycles. The lowest BCUT2D eigenvalue weighted by Gasteiger charge is -2.12. The van der Waals surface area contributed by atoms with E-state index in [4.69, 9.17) is 5.84 Å². The zero-order valence-corrected chi connectivity index (χ0v) is 12.5. The van der Waals surface area contributed by atoms with Crippen LogP contribution in [0.15, 0.2) is 17.8 Å². The highest BCUT2D eigenvalue weighted by molar-refractivity contribution is 7.12. The monoisotopic (exact) mass is 293 g/mol. The molecule has 0 spiro atoms. The van der Waals surface area contributed by atoms with Crippen molar-refractivity contribution in [2.45, 2.75) is 44.6 Å². The average Bonchev–Trinajstić information content (AvgIpc) is 3.02. The third-order valence-electron chi connectivity index (χ3n) is 3.70. The molecule has 1 unspecified atom stereocenters. The van der Waals surface area contributed by atoms with Crippen molar-refractivity contribution in [3.05, 3.63) is 38.0 Å². The van der Waals surface area contributed by atoms with Gasteiger partial charge in [-0.05, 0) is 37.3 Å². The van der Waals surface area contributed by atoms with Crippen LogP contribution in [0.5, 0.6) is 0 Å². The van der Waals surface area contributed by atoms with Crippen LogP contribution in [0.2, 0.25) is 0 Å². The summed E-state index contributed by atoms with van der Waals surface area (Å²) in [6.07, 6.45) is 9.40. The van der Waals surface area contributed by atoms with Crippen molar-refractivity contribution in [3.8, 4) is 0 Å². The number of nitrogens with one attached hydrogen (secondary N) is 1. The molecule has 2 heterocycles. The van der Waals surface area contributed by atoms with Gasteiger partial charge >= 0.3 is 0 Å². The number of hydrogen-bond acceptors (Lipinski definition) is 5. The summed E-state index contributed by atoms with van der Waals surface area (Å²) >= 11 is 3.64. The van der Waals surface area contributed by atoms with Crippen molar-refractivity contribution >= 4 is 22.7 Å². The van der Waals surface area contributed by atoms with E-state index >= 15 is 0 Å². The van der Waals surface area contributed by atoms with Crippen molar-refractivity contribution in [3.63, 3.8) is 0 Å². The van der Waals surface area contributed by atoms with Crippen molar-refractivity contribution in [1.82, 2.24) is 10.4 Å². The number of nitrogens with zero attached hydrogens (tertiary/aromatic N) is 1. The highest BCUT2D eigenvalue weighted by atomic mass is 32.1. The normalized spacial score (nSPS) is 16.9. The molecule has 2 aromatic rings. The lowest BCUT2D eigenvalue weighted by molar-refractivity contribution is 0.563. The van der Waals surface area contributed by atoms with Crippen LogP contribution in [0.1, 0.15) is 45.5 Å². The van der Waals surface area contributed by atoms with E-state index in [1.165, 1.54) is 41.9 Å². The Bertz CT molecular complexity index is 495. The Kier molecular flexibility index (Phi) is 4.28. The van der Waals surface area contributed by atoms with Crippen molar-refractivity contribution in [1.29, 1.82) is 0 Å². The van der Waals surface area contributed by atoms with Crippen LogP contribution in [0.3, 0.4) is 0 Å². The van der Waals surface area contributed by atoms with Gasteiger partial charge in [-0.3, -0.25) is 16.3 Å². The highest BCUT2D eigenvalue weighted by Gasteiger charge is 2.18. The number of thiophene rings is 1. The van der Waals surface area contributed by atoms with Crippen molar-refractivity contribution < 1.29 is 0 Å². The first-order valence-corrected chi connectivity index (χ1v) is 8.51. The zero-order chi connectivity index (χ0) is 13.1. The number of hydrogen-bond donors (Lipinski definition) is 2. The number of rotatable bonds is 4. The molecule has 0 fully saturated rings. The Balaban J connectivity index is 1.79. The fourth-order valence-electron chi connectivity index (χ4n) is 2.65. The fourth-order valence-corrected chi connectivity index (χ4v) is 4.61. The van der Waals surface area contributed by atoms with Crippen molar-refractivity contribution in [2.75, 3.05) is 0 Å². The molecule has 19 heavy (non-hydrogen) atoms. The molecule has 0 aliphatic heterocycles. The van der Waals surface area contributed by atoms with E-state index in [1.807, 2.05) is 23.0 Å². The molecule has 1 aliphatic rings. The maximum atomic E-state index is 5.75. The van der Waals surface area contributed by atoms with Crippen LogP contribution in [0, 0.1) is 0 Å². The Hall–Kier alpha value is -0.750. The van der Waals surface area contributed by atoms with Gasteiger partial charge in [-0.15, -0.1) is 22.7 Å². The summed E-state index contributed by atoms with van der Waals surface area (Å²) in [7, 11) is 0. The van der Waals surface area contributed by atoms with Gasteiger partial charge in [-0.25, -0.2) is 0 Å². The van der Waals surface area contributed by atoms with Gasteiger partial charge in [0.25, 0.3) is 0 Å². The van der Waals surface area contributed by atoms with E-state index < -0.39 is 0 Å². The molecule has 3 rings (SSSR count). The number of thiazole rings is 1. The van der Waals surface area contributed by atoms with Crippen LogP contribution >= 0.6 is 22.7 Å². The standard InChI is InChI=1S/C14H19N3S2/c15-17-12(7-11-8-16-9-18-11)14-6-10-4-2-1-3-5-13(10)19-14/h6,8-9,12,17H,1-5,7,15H2. The van der Waals surface area contributed by atoms with E-state index in [0.29, 0.717) is 0 Å². The quantitative estimate of drug-likeness (QED) is 0.517. The Morgan fingerprint density at radius 1 is 1.32 bits per heavy atom. The second-order valence-corrected chi connectivity index (χ2v) is 7.19. The molecule has 1 aliphatic carbocycles. The van der Waals surface area contributed by atoms with E-state index in [1.54, 1.807) is 21.8 Å². The predicted molar refractivity (Wildman–Crippen MR) is 81.5 cm³/mol. The van der Waals surface area contributed by atoms with Gasteiger partial charge in [0.15, 0.2) is 0 Å². The summed E-state index contributed by atoms with van der Waals surface area (Å²) in [5, 5.41) is 0. The summed E-state index contributed by atoms with van der Waals surface area (Å²) in [5.41, 5.74) is 6.41. The van der Waals surface area contributed by atoms with E-state index in [-0.39, 0.29) is 6.04 Å². The summed E-state index contributed by atoms with van der Waals surface area (Å²) in [4.78, 5) is 8.38. The maximum absolute atomic E-state index is 5.75. The molecule has 0 aromatic carbocycles. The molecule has 0 radical (unpaired) electrons.